The maximum atomic E-state index is 13.5. The van der Waals surface area contributed by atoms with Gasteiger partial charge in [0.25, 0.3) is 0 Å². The number of ether oxygens (including phenoxy) is 2. The van der Waals surface area contributed by atoms with E-state index in [1.165, 1.54) is 0 Å². The van der Waals surface area contributed by atoms with Gasteiger partial charge < -0.3 is 25.4 Å². The summed E-state index contributed by atoms with van der Waals surface area (Å²) in [7, 11) is 0. The van der Waals surface area contributed by atoms with Crippen molar-refractivity contribution in [2.75, 3.05) is 5.32 Å². The average Bonchev–Trinajstić information content (AvgIpc) is 2.95. The highest BCUT2D eigenvalue weighted by molar-refractivity contribution is 5.95. The molecular formula is C34H40F3N3O5. The summed E-state index contributed by atoms with van der Waals surface area (Å²) < 4.78 is 50.1. The molecule has 3 N–H and O–H groups in total. The van der Waals surface area contributed by atoms with Gasteiger partial charge in [-0.15, -0.1) is 0 Å². The number of benzene rings is 3. The van der Waals surface area contributed by atoms with Crippen molar-refractivity contribution >= 4 is 23.6 Å². The number of carbonyl (C=O) groups is 3. The van der Waals surface area contributed by atoms with Crippen molar-refractivity contribution in [3.8, 4) is 5.75 Å². The van der Waals surface area contributed by atoms with Crippen molar-refractivity contribution in [3.05, 3.63) is 95.6 Å². The quantitative estimate of drug-likeness (QED) is 0.190. The lowest BCUT2D eigenvalue weighted by atomic mass is 10.0. The molecule has 0 aliphatic carbocycles. The molecule has 0 unspecified atom stereocenters. The highest BCUT2D eigenvalue weighted by atomic mass is 19.4. The van der Waals surface area contributed by atoms with Crippen LogP contribution in [-0.2, 0) is 33.5 Å². The van der Waals surface area contributed by atoms with E-state index in [-0.39, 0.29) is 24.4 Å². The van der Waals surface area contributed by atoms with E-state index in [4.69, 9.17) is 9.47 Å². The zero-order valence-electron chi connectivity index (χ0n) is 26.0. The van der Waals surface area contributed by atoms with Crippen LogP contribution in [0.4, 0.5) is 23.7 Å². The number of rotatable bonds is 12. The Kier molecular flexibility index (Phi) is 12.0. The predicted octanol–water partition coefficient (Wildman–Crippen LogP) is 6.89. The van der Waals surface area contributed by atoms with Crippen molar-refractivity contribution in [1.29, 1.82) is 0 Å². The third kappa shape index (κ3) is 12.2. The molecule has 3 amide bonds. The van der Waals surface area contributed by atoms with Crippen LogP contribution in [0.3, 0.4) is 0 Å². The normalized spacial score (nSPS) is 13.0. The fraction of sp³-hybridized carbons (Fsp3) is 0.382. The Balaban J connectivity index is 1.70. The van der Waals surface area contributed by atoms with Gasteiger partial charge in [0.15, 0.2) is 0 Å². The number of nitrogens with one attached hydrogen (secondary N) is 3. The largest absolute Gasteiger partial charge is 0.489 e. The van der Waals surface area contributed by atoms with Crippen LogP contribution in [0.1, 0.15) is 57.7 Å². The second kappa shape index (κ2) is 15.5. The number of urea groups is 1. The zero-order valence-corrected chi connectivity index (χ0v) is 26.0. The summed E-state index contributed by atoms with van der Waals surface area (Å²) in [6.45, 7) is 9.28. The summed E-state index contributed by atoms with van der Waals surface area (Å²) in [5.41, 5.74) is 0.213. The molecule has 0 saturated carbocycles. The lowest BCUT2D eigenvalue weighted by Crippen LogP contribution is -2.54. The van der Waals surface area contributed by atoms with Crippen LogP contribution in [-0.4, -0.2) is 35.6 Å². The third-order valence-corrected chi connectivity index (χ3v) is 6.42. The van der Waals surface area contributed by atoms with E-state index >= 15 is 0 Å². The first-order valence-corrected chi connectivity index (χ1v) is 14.6. The lowest BCUT2D eigenvalue weighted by molar-refractivity contribution is -0.158. The maximum Gasteiger partial charge on any atom is 0.416 e. The first-order chi connectivity index (χ1) is 21.1. The summed E-state index contributed by atoms with van der Waals surface area (Å²) >= 11 is 0. The minimum absolute atomic E-state index is 0.0180. The van der Waals surface area contributed by atoms with Gasteiger partial charge in [0.1, 0.15) is 30.0 Å². The van der Waals surface area contributed by atoms with Crippen molar-refractivity contribution in [2.45, 2.75) is 77.9 Å². The van der Waals surface area contributed by atoms with Crippen molar-refractivity contribution in [2.24, 2.45) is 5.92 Å². The van der Waals surface area contributed by atoms with E-state index in [2.05, 4.69) is 16.0 Å². The van der Waals surface area contributed by atoms with Gasteiger partial charge in [-0.3, -0.25) is 4.79 Å². The second-order valence-electron chi connectivity index (χ2n) is 12.1. The summed E-state index contributed by atoms with van der Waals surface area (Å²) in [4.78, 5) is 39.4. The number of amides is 3. The van der Waals surface area contributed by atoms with Crippen molar-refractivity contribution in [3.63, 3.8) is 0 Å². The molecule has 45 heavy (non-hydrogen) atoms. The summed E-state index contributed by atoms with van der Waals surface area (Å²) in [5.74, 6) is -0.626. The van der Waals surface area contributed by atoms with Gasteiger partial charge in [-0.2, -0.15) is 13.2 Å². The molecule has 0 heterocycles. The first-order valence-electron chi connectivity index (χ1n) is 14.6. The van der Waals surface area contributed by atoms with Gasteiger partial charge in [-0.1, -0.05) is 56.3 Å². The monoisotopic (exact) mass is 627 g/mol. The molecule has 0 aliphatic heterocycles. The maximum absolute atomic E-state index is 13.5. The SMILES string of the molecule is CC(C)C[C@H](NC(=O)Nc1ccc(C(F)(F)F)cc1)C(=O)N[C@@H](Cc1ccc(OCc2ccccc2)cc1)C(=O)OC(C)(C)C. The molecule has 0 radical (unpaired) electrons. The molecule has 0 bridgehead atoms. The van der Waals surface area contributed by atoms with Crippen LogP contribution in [0.15, 0.2) is 78.9 Å². The molecule has 0 saturated heterocycles. The molecule has 0 aliphatic rings. The molecule has 242 valence electrons. The van der Waals surface area contributed by atoms with Crippen molar-refractivity contribution < 1.29 is 37.0 Å². The highest BCUT2D eigenvalue weighted by Gasteiger charge is 2.32. The number of hydrogen-bond donors (Lipinski definition) is 3. The summed E-state index contributed by atoms with van der Waals surface area (Å²) in [6.07, 6.45) is -4.16. The molecule has 0 aromatic heterocycles. The van der Waals surface area contributed by atoms with Gasteiger partial charge >= 0.3 is 18.2 Å². The Labute approximate surface area is 261 Å². The number of halogens is 3. The van der Waals surface area contributed by atoms with Crippen molar-refractivity contribution in [1.82, 2.24) is 10.6 Å². The molecule has 11 heteroatoms. The Bertz CT molecular complexity index is 1400. The van der Waals surface area contributed by atoms with Gasteiger partial charge in [0, 0.05) is 12.1 Å². The molecular weight excluding hydrogens is 587 g/mol. The molecule has 3 aromatic carbocycles. The van der Waals surface area contributed by atoms with Crippen LogP contribution in [0, 0.1) is 5.92 Å². The Morgan fingerprint density at radius 1 is 0.778 bits per heavy atom. The number of esters is 1. The number of hydrogen-bond acceptors (Lipinski definition) is 5. The number of carbonyl (C=O) groups excluding carboxylic acids is 3. The topological polar surface area (TPSA) is 106 Å². The van der Waals surface area contributed by atoms with Gasteiger partial charge in [-0.05, 0) is 80.6 Å². The molecule has 3 aromatic rings. The molecule has 3 rings (SSSR count). The minimum atomic E-state index is -4.51. The second-order valence-corrected chi connectivity index (χ2v) is 12.1. The standard InChI is InChI=1S/C34H40F3N3O5/c1-22(2)19-28(40-32(43)38-26-15-13-25(14-16-26)34(35,36)37)30(41)39-29(31(42)45-33(3,4)5)20-23-11-17-27(18-12-23)44-21-24-9-7-6-8-10-24/h6-18,22,28-29H,19-21H2,1-5H3,(H,39,41)(H2,38,40,43)/t28-,29-/m0/s1. The van der Waals surface area contributed by atoms with Crippen LogP contribution >= 0.6 is 0 Å². The Morgan fingerprint density at radius 3 is 1.96 bits per heavy atom. The predicted molar refractivity (Wildman–Crippen MR) is 166 cm³/mol. The summed E-state index contributed by atoms with van der Waals surface area (Å²) in [6, 6.07) is 17.9. The zero-order chi connectivity index (χ0) is 33.2. The van der Waals surface area contributed by atoms with Gasteiger partial charge in [0.2, 0.25) is 5.91 Å². The van der Waals surface area contributed by atoms with Gasteiger partial charge in [-0.25, -0.2) is 9.59 Å². The summed E-state index contributed by atoms with van der Waals surface area (Å²) in [5, 5.41) is 7.77. The molecule has 0 spiro atoms. The van der Waals surface area contributed by atoms with Crippen LogP contribution in [0.2, 0.25) is 0 Å². The highest BCUT2D eigenvalue weighted by Crippen LogP contribution is 2.29. The molecule has 2 atom stereocenters. The first kappa shape index (κ1) is 34.9. The van der Waals surface area contributed by atoms with Gasteiger partial charge in [0.05, 0.1) is 5.56 Å². The van der Waals surface area contributed by atoms with E-state index in [0.29, 0.717) is 12.4 Å². The van der Waals surface area contributed by atoms with E-state index in [1.807, 2.05) is 44.2 Å². The number of anilines is 1. The van der Waals surface area contributed by atoms with Crippen LogP contribution in [0.5, 0.6) is 5.75 Å². The van der Waals surface area contributed by atoms with E-state index in [9.17, 15) is 27.6 Å². The third-order valence-electron chi connectivity index (χ3n) is 6.42. The fourth-order valence-electron chi connectivity index (χ4n) is 4.31. The molecule has 8 nitrogen and oxygen atoms in total. The average molecular weight is 628 g/mol. The Hall–Kier alpha value is -4.54. The van der Waals surface area contributed by atoms with Crippen LogP contribution in [0.25, 0.3) is 0 Å². The smallest absolute Gasteiger partial charge is 0.416 e. The molecule has 0 fully saturated rings. The van der Waals surface area contributed by atoms with Crippen LogP contribution < -0.4 is 20.7 Å². The minimum Gasteiger partial charge on any atom is -0.489 e. The van der Waals surface area contributed by atoms with E-state index in [0.717, 1.165) is 35.4 Å². The lowest BCUT2D eigenvalue weighted by Gasteiger charge is -2.27. The number of alkyl halides is 3. The van der Waals surface area contributed by atoms with E-state index < -0.39 is 47.3 Å². The Morgan fingerprint density at radius 2 is 1.40 bits per heavy atom. The van der Waals surface area contributed by atoms with E-state index in [1.54, 1.807) is 45.0 Å². The fourth-order valence-corrected chi connectivity index (χ4v) is 4.31.